The first-order chi connectivity index (χ1) is 9.20. The quantitative estimate of drug-likeness (QED) is 0.843. The molecule has 0 radical (unpaired) electrons. The van der Waals surface area contributed by atoms with Gasteiger partial charge in [0.1, 0.15) is 24.7 Å². The standard InChI is InChI=1S/C13H15F2N3O/c14-10-2-3-11(12(15)6-10)13(4-1-5-19-13)7-18-9-16-8-17-18/h2-3,6,8-9,11-12H,1,4-5,7H2/t11?,12?,13-/m0/s1. The maximum atomic E-state index is 14.1. The van der Waals surface area contributed by atoms with Crippen LogP contribution in [0.5, 0.6) is 0 Å². The van der Waals surface area contributed by atoms with Crippen LogP contribution in [0.2, 0.25) is 0 Å². The van der Waals surface area contributed by atoms with E-state index in [-0.39, 0.29) is 0 Å². The molecule has 1 aromatic heterocycles. The average molecular weight is 267 g/mol. The van der Waals surface area contributed by atoms with E-state index in [1.165, 1.54) is 12.4 Å². The highest BCUT2D eigenvalue weighted by Gasteiger charge is 2.46. The first-order valence-electron chi connectivity index (χ1n) is 6.36. The molecule has 1 aliphatic heterocycles. The molecule has 0 spiro atoms. The van der Waals surface area contributed by atoms with Gasteiger partial charge in [0.2, 0.25) is 0 Å². The second kappa shape index (κ2) is 4.85. The molecule has 2 heterocycles. The third-order valence-corrected chi connectivity index (χ3v) is 3.76. The van der Waals surface area contributed by atoms with Crippen LogP contribution in [-0.4, -0.2) is 33.1 Å². The summed E-state index contributed by atoms with van der Waals surface area (Å²) >= 11 is 0. The van der Waals surface area contributed by atoms with Crippen LogP contribution < -0.4 is 0 Å². The molecule has 1 aliphatic carbocycles. The Morgan fingerprint density at radius 3 is 3.05 bits per heavy atom. The number of ether oxygens (including phenoxy) is 1. The van der Waals surface area contributed by atoms with Gasteiger partial charge in [-0.2, -0.15) is 5.10 Å². The molecule has 102 valence electrons. The van der Waals surface area contributed by atoms with Crippen molar-refractivity contribution in [3.8, 4) is 0 Å². The Morgan fingerprint density at radius 1 is 1.53 bits per heavy atom. The molecule has 0 N–H and O–H groups in total. The van der Waals surface area contributed by atoms with Crippen molar-refractivity contribution in [2.45, 2.75) is 31.2 Å². The fraction of sp³-hybridized carbons (Fsp3) is 0.538. The largest absolute Gasteiger partial charge is 0.372 e. The van der Waals surface area contributed by atoms with Crippen molar-refractivity contribution < 1.29 is 13.5 Å². The summed E-state index contributed by atoms with van der Waals surface area (Å²) in [5.74, 6) is -1.02. The van der Waals surface area contributed by atoms with Gasteiger partial charge in [-0.3, -0.25) is 4.68 Å². The SMILES string of the molecule is FC1=CC(F)C([C@@]2(Cn3cncn3)CCCO2)C=C1. The highest BCUT2D eigenvalue weighted by Crippen LogP contribution is 2.40. The van der Waals surface area contributed by atoms with Gasteiger partial charge in [0.25, 0.3) is 0 Å². The van der Waals surface area contributed by atoms with Gasteiger partial charge in [-0.15, -0.1) is 0 Å². The first kappa shape index (κ1) is 12.5. The molecule has 0 amide bonds. The molecule has 19 heavy (non-hydrogen) atoms. The summed E-state index contributed by atoms with van der Waals surface area (Å²) in [7, 11) is 0. The minimum absolute atomic E-state index is 0.428. The molecule has 2 unspecified atom stereocenters. The van der Waals surface area contributed by atoms with Crippen LogP contribution in [0.3, 0.4) is 0 Å². The van der Waals surface area contributed by atoms with E-state index in [1.54, 1.807) is 17.1 Å². The van der Waals surface area contributed by atoms with Gasteiger partial charge in [-0.1, -0.05) is 6.08 Å². The predicted octanol–water partition coefficient (Wildman–Crippen LogP) is 2.20. The lowest BCUT2D eigenvalue weighted by Crippen LogP contribution is -2.45. The molecule has 0 aromatic carbocycles. The van der Waals surface area contributed by atoms with Crippen molar-refractivity contribution in [1.29, 1.82) is 0 Å². The summed E-state index contributed by atoms with van der Waals surface area (Å²) in [6.07, 6.45) is 7.15. The zero-order valence-corrected chi connectivity index (χ0v) is 10.4. The number of nitrogens with zero attached hydrogens (tertiary/aromatic N) is 3. The third kappa shape index (κ3) is 2.32. The van der Waals surface area contributed by atoms with Crippen LogP contribution in [0.15, 0.2) is 36.7 Å². The maximum Gasteiger partial charge on any atom is 0.137 e. The van der Waals surface area contributed by atoms with Gasteiger partial charge in [-0.25, -0.2) is 13.8 Å². The number of hydrogen-bond acceptors (Lipinski definition) is 3. The van der Waals surface area contributed by atoms with Crippen LogP contribution in [0.1, 0.15) is 12.8 Å². The van der Waals surface area contributed by atoms with Crippen molar-refractivity contribution in [2.24, 2.45) is 5.92 Å². The molecule has 0 saturated carbocycles. The minimum atomic E-state index is -1.37. The normalized spacial score (nSPS) is 34.5. The summed E-state index contributed by atoms with van der Waals surface area (Å²) in [5.41, 5.74) is -0.666. The Bertz CT molecular complexity index is 492. The van der Waals surface area contributed by atoms with Gasteiger partial charge < -0.3 is 4.74 Å². The van der Waals surface area contributed by atoms with Crippen LogP contribution in [-0.2, 0) is 11.3 Å². The van der Waals surface area contributed by atoms with Gasteiger partial charge in [0.05, 0.1) is 12.1 Å². The number of halogens is 2. The Labute approximate surface area is 109 Å². The fourth-order valence-corrected chi connectivity index (χ4v) is 2.88. The average Bonchev–Trinajstić information content (AvgIpc) is 3.02. The van der Waals surface area contributed by atoms with Crippen molar-refractivity contribution in [2.75, 3.05) is 6.61 Å². The van der Waals surface area contributed by atoms with Crippen molar-refractivity contribution >= 4 is 0 Å². The predicted molar refractivity (Wildman–Crippen MR) is 64.7 cm³/mol. The topological polar surface area (TPSA) is 39.9 Å². The monoisotopic (exact) mass is 267 g/mol. The fourth-order valence-electron chi connectivity index (χ4n) is 2.88. The minimum Gasteiger partial charge on any atom is -0.372 e. The molecule has 1 saturated heterocycles. The molecule has 4 nitrogen and oxygen atoms in total. The molecule has 6 heteroatoms. The van der Waals surface area contributed by atoms with E-state index in [1.807, 2.05) is 0 Å². The number of hydrogen-bond donors (Lipinski definition) is 0. The molecule has 1 fully saturated rings. The Balaban J connectivity index is 1.86. The van der Waals surface area contributed by atoms with E-state index < -0.39 is 23.5 Å². The van der Waals surface area contributed by atoms with Crippen LogP contribution in [0.25, 0.3) is 0 Å². The summed E-state index contributed by atoms with van der Waals surface area (Å²) in [6.45, 7) is 1.02. The van der Waals surface area contributed by atoms with Crippen LogP contribution in [0.4, 0.5) is 8.78 Å². The zero-order chi connectivity index (χ0) is 13.3. The number of rotatable bonds is 3. The van der Waals surface area contributed by atoms with E-state index in [2.05, 4.69) is 10.1 Å². The summed E-state index contributed by atoms with van der Waals surface area (Å²) in [5, 5.41) is 4.05. The van der Waals surface area contributed by atoms with Gasteiger partial charge in [-0.05, 0) is 25.0 Å². The van der Waals surface area contributed by atoms with Crippen molar-refractivity contribution in [1.82, 2.24) is 14.8 Å². The lowest BCUT2D eigenvalue weighted by atomic mass is 9.79. The zero-order valence-electron chi connectivity index (χ0n) is 10.4. The number of alkyl halides is 1. The lowest BCUT2D eigenvalue weighted by Gasteiger charge is -2.37. The van der Waals surface area contributed by atoms with E-state index in [0.29, 0.717) is 13.2 Å². The first-order valence-corrected chi connectivity index (χ1v) is 6.36. The molecular weight excluding hydrogens is 252 g/mol. The second-order valence-corrected chi connectivity index (χ2v) is 4.99. The molecule has 0 bridgehead atoms. The molecular formula is C13H15F2N3O. The second-order valence-electron chi connectivity index (χ2n) is 4.99. The molecule has 1 aromatic rings. The Kier molecular flexibility index (Phi) is 3.18. The highest BCUT2D eigenvalue weighted by molar-refractivity contribution is 5.24. The van der Waals surface area contributed by atoms with Crippen molar-refractivity contribution in [3.63, 3.8) is 0 Å². The Hall–Kier alpha value is -1.56. The van der Waals surface area contributed by atoms with Crippen LogP contribution in [0, 0.1) is 5.92 Å². The maximum absolute atomic E-state index is 14.1. The van der Waals surface area contributed by atoms with Crippen LogP contribution >= 0.6 is 0 Å². The summed E-state index contributed by atoms with van der Waals surface area (Å²) < 4.78 is 34.7. The summed E-state index contributed by atoms with van der Waals surface area (Å²) in [6, 6.07) is 0. The van der Waals surface area contributed by atoms with Gasteiger partial charge in [0.15, 0.2) is 0 Å². The number of aromatic nitrogens is 3. The van der Waals surface area contributed by atoms with Crippen molar-refractivity contribution in [3.05, 3.63) is 36.7 Å². The third-order valence-electron chi connectivity index (χ3n) is 3.76. The summed E-state index contributed by atoms with van der Waals surface area (Å²) in [4.78, 5) is 3.88. The molecule has 3 atom stereocenters. The highest BCUT2D eigenvalue weighted by atomic mass is 19.1. The molecule has 2 aliphatic rings. The van der Waals surface area contributed by atoms with E-state index in [4.69, 9.17) is 4.74 Å². The Morgan fingerprint density at radius 2 is 2.42 bits per heavy atom. The molecule has 3 rings (SSSR count). The van der Waals surface area contributed by atoms with E-state index in [0.717, 1.165) is 18.9 Å². The smallest absolute Gasteiger partial charge is 0.137 e. The van der Waals surface area contributed by atoms with Gasteiger partial charge >= 0.3 is 0 Å². The van der Waals surface area contributed by atoms with Gasteiger partial charge in [0, 0.05) is 12.5 Å². The number of allylic oxidation sites excluding steroid dienone is 3. The van der Waals surface area contributed by atoms with E-state index in [9.17, 15) is 8.78 Å². The lowest BCUT2D eigenvalue weighted by molar-refractivity contribution is -0.0602. The van der Waals surface area contributed by atoms with E-state index >= 15 is 0 Å².